The van der Waals surface area contributed by atoms with E-state index in [0.717, 1.165) is 38.9 Å². The van der Waals surface area contributed by atoms with Crippen molar-refractivity contribution in [1.82, 2.24) is 4.90 Å². The summed E-state index contributed by atoms with van der Waals surface area (Å²) in [4.78, 5) is 3.12. The first kappa shape index (κ1) is 14.9. The van der Waals surface area contributed by atoms with Crippen molar-refractivity contribution in [2.45, 2.75) is 58.2 Å². The van der Waals surface area contributed by atoms with Crippen LogP contribution in [0.15, 0.2) is 0 Å². The molecule has 100 valence electrons. The Bertz CT molecular complexity index is 261. The van der Waals surface area contributed by atoms with Gasteiger partial charge in [-0.05, 0) is 53.5 Å². The Labute approximate surface area is 111 Å². The van der Waals surface area contributed by atoms with E-state index in [-0.39, 0.29) is 11.2 Å². The second kappa shape index (κ2) is 5.63. The maximum atomic E-state index is 6.05. The van der Waals surface area contributed by atoms with Crippen LogP contribution >= 0.6 is 12.2 Å². The van der Waals surface area contributed by atoms with E-state index in [1.165, 1.54) is 0 Å². The lowest BCUT2D eigenvalue weighted by Crippen LogP contribution is -2.57. The number of unbranched alkanes of at least 4 members (excludes halogenated alkanes) is 1. The molecule has 0 aromatic heterocycles. The predicted octanol–water partition coefficient (Wildman–Crippen LogP) is 2.33. The van der Waals surface area contributed by atoms with Gasteiger partial charge in [-0.15, -0.1) is 0 Å². The Balaban J connectivity index is 2.35. The van der Waals surface area contributed by atoms with E-state index in [4.69, 9.17) is 22.7 Å². The van der Waals surface area contributed by atoms with Gasteiger partial charge in [0.05, 0.1) is 16.2 Å². The molecule has 2 N–H and O–H groups in total. The van der Waals surface area contributed by atoms with Crippen molar-refractivity contribution in [2.24, 2.45) is 5.73 Å². The monoisotopic (exact) mass is 258 g/mol. The van der Waals surface area contributed by atoms with Gasteiger partial charge in [0, 0.05) is 13.1 Å². The molecule has 4 heteroatoms. The maximum absolute atomic E-state index is 6.05. The predicted molar refractivity (Wildman–Crippen MR) is 76.3 cm³/mol. The number of hydrogen-bond donors (Lipinski definition) is 1. The smallest absolute Gasteiger partial charge is 0.0760 e. The zero-order valence-corrected chi connectivity index (χ0v) is 12.4. The average molecular weight is 258 g/mol. The van der Waals surface area contributed by atoms with Crippen LogP contribution in [-0.2, 0) is 4.74 Å². The van der Waals surface area contributed by atoms with Gasteiger partial charge in [-0.25, -0.2) is 0 Å². The molecule has 0 aromatic carbocycles. The number of thiocarbonyl (C=S) groups is 1. The van der Waals surface area contributed by atoms with Crippen LogP contribution in [0.25, 0.3) is 0 Å². The lowest BCUT2D eigenvalue weighted by atomic mass is 9.98. The van der Waals surface area contributed by atoms with Crippen LogP contribution in [0.2, 0.25) is 0 Å². The normalized spacial score (nSPS) is 23.5. The van der Waals surface area contributed by atoms with Crippen LogP contribution in [0, 0.1) is 0 Å². The molecule has 0 saturated carbocycles. The minimum absolute atomic E-state index is 0.0507. The van der Waals surface area contributed by atoms with Crippen molar-refractivity contribution in [3.8, 4) is 0 Å². The fraction of sp³-hybridized carbons (Fsp3) is 0.923. The lowest BCUT2D eigenvalue weighted by molar-refractivity contribution is -0.180. The van der Waals surface area contributed by atoms with E-state index in [9.17, 15) is 0 Å². The molecule has 1 aliphatic rings. The van der Waals surface area contributed by atoms with E-state index in [0.29, 0.717) is 4.99 Å². The molecule has 0 unspecified atom stereocenters. The van der Waals surface area contributed by atoms with E-state index < -0.39 is 0 Å². The lowest BCUT2D eigenvalue weighted by Gasteiger charge is -2.47. The largest absolute Gasteiger partial charge is 0.393 e. The highest BCUT2D eigenvalue weighted by Gasteiger charge is 2.37. The molecule has 0 spiro atoms. The third-order valence-electron chi connectivity index (χ3n) is 2.91. The molecular formula is C13H26N2OS. The fourth-order valence-corrected chi connectivity index (χ4v) is 2.88. The van der Waals surface area contributed by atoms with Gasteiger partial charge in [-0.1, -0.05) is 12.2 Å². The summed E-state index contributed by atoms with van der Waals surface area (Å²) in [5.74, 6) is 0. The Hall–Kier alpha value is -0.190. The zero-order valence-electron chi connectivity index (χ0n) is 11.6. The number of rotatable bonds is 5. The SMILES string of the molecule is CC1(C)CN(CCCCC(N)=S)CC(C)(C)O1. The molecule has 1 heterocycles. The van der Waals surface area contributed by atoms with Crippen LogP contribution in [0.3, 0.4) is 0 Å². The number of hydrogen-bond acceptors (Lipinski definition) is 3. The molecular weight excluding hydrogens is 232 g/mol. The molecule has 0 bridgehead atoms. The van der Waals surface area contributed by atoms with Gasteiger partial charge in [-0.2, -0.15) is 0 Å². The second-order valence-electron chi connectivity index (χ2n) is 6.26. The van der Waals surface area contributed by atoms with Gasteiger partial charge in [0.25, 0.3) is 0 Å². The zero-order chi connectivity index (χ0) is 13.1. The number of ether oxygens (including phenoxy) is 1. The van der Waals surface area contributed by atoms with Gasteiger partial charge in [-0.3, -0.25) is 4.90 Å². The first-order valence-corrected chi connectivity index (χ1v) is 6.82. The third kappa shape index (κ3) is 5.80. The van der Waals surface area contributed by atoms with Crippen molar-refractivity contribution in [3.05, 3.63) is 0 Å². The summed E-state index contributed by atoms with van der Waals surface area (Å²) in [6.07, 6.45) is 3.11. The summed E-state index contributed by atoms with van der Waals surface area (Å²) in [6.45, 7) is 11.8. The second-order valence-corrected chi connectivity index (χ2v) is 6.78. The highest BCUT2D eigenvalue weighted by atomic mass is 32.1. The molecule has 1 aliphatic heterocycles. The molecule has 3 nitrogen and oxygen atoms in total. The first-order chi connectivity index (χ1) is 7.70. The van der Waals surface area contributed by atoms with Crippen molar-refractivity contribution < 1.29 is 4.74 Å². The first-order valence-electron chi connectivity index (χ1n) is 6.41. The fourth-order valence-electron chi connectivity index (χ4n) is 2.74. The van der Waals surface area contributed by atoms with E-state index in [1.807, 2.05) is 0 Å². The quantitative estimate of drug-likeness (QED) is 0.607. The summed E-state index contributed by atoms with van der Waals surface area (Å²) in [5.41, 5.74) is 5.39. The van der Waals surface area contributed by atoms with Gasteiger partial charge >= 0.3 is 0 Å². The summed E-state index contributed by atoms with van der Waals surface area (Å²) in [7, 11) is 0. The number of morpholine rings is 1. The summed E-state index contributed by atoms with van der Waals surface area (Å²) in [5, 5.41) is 0. The van der Waals surface area contributed by atoms with E-state index in [2.05, 4.69) is 32.6 Å². The van der Waals surface area contributed by atoms with Crippen molar-refractivity contribution in [1.29, 1.82) is 0 Å². The van der Waals surface area contributed by atoms with E-state index >= 15 is 0 Å². The van der Waals surface area contributed by atoms with Gasteiger partial charge in [0.2, 0.25) is 0 Å². The van der Waals surface area contributed by atoms with Crippen LogP contribution in [0.1, 0.15) is 47.0 Å². The summed E-state index contributed by atoms with van der Waals surface area (Å²) < 4.78 is 6.05. The Morgan fingerprint density at radius 1 is 1.18 bits per heavy atom. The van der Waals surface area contributed by atoms with Gasteiger partial charge in [0.1, 0.15) is 0 Å². The highest BCUT2D eigenvalue weighted by Crippen LogP contribution is 2.28. The van der Waals surface area contributed by atoms with Crippen molar-refractivity contribution in [3.63, 3.8) is 0 Å². The maximum Gasteiger partial charge on any atom is 0.0760 e. The Morgan fingerprint density at radius 2 is 1.71 bits per heavy atom. The average Bonchev–Trinajstić information content (AvgIpc) is 2.06. The minimum atomic E-state index is -0.0507. The molecule has 0 amide bonds. The van der Waals surface area contributed by atoms with Crippen molar-refractivity contribution >= 4 is 17.2 Å². The van der Waals surface area contributed by atoms with Gasteiger partial charge < -0.3 is 10.5 Å². The topological polar surface area (TPSA) is 38.5 Å². The molecule has 0 aliphatic carbocycles. The van der Waals surface area contributed by atoms with Crippen LogP contribution < -0.4 is 5.73 Å². The Morgan fingerprint density at radius 3 is 2.18 bits per heavy atom. The van der Waals surface area contributed by atoms with Crippen molar-refractivity contribution in [2.75, 3.05) is 19.6 Å². The standard InChI is InChI=1S/C13H26N2OS/c1-12(2)9-15(10-13(3,4)16-12)8-6-5-7-11(14)17/h5-10H2,1-4H3,(H2,14,17). The van der Waals surface area contributed by atoms with Crippen LogP contribution in [-0.4, -0.2) is 40.7 Å². The van der Waals surface area contributed by atoms with Crippen LogP contribution in [0.5, 0.6) is 0 Å². The molecule has 1 saturated heterocycles. The summed E-state index contributed by atoms with van der Waals surface area (Å²) in [6, 6.07) is 0. The van der Waals surface area contributed by atoms with Gasteiger partial charge in [0.15, 0.2) is 0 Å². The molecule has 17 heavy (non-hydrogen) atoms. The number of nitrogens with two attached hydrogens (primary N) is 1. The Kier molecular flexibility index (Phi) is 4.93. The van der Waals surface area contributed by atoms with Crippen LogP contribution in [0.4, 0.5) is 0 Å². The number of nitrogens with zero attached hydrogens (tertiary/aromatic N) is 1. The highest BCUT2D eigenvalue weighted by molar-refractivity contribution is 7.80. The molecule has 0 radical (unpaired) electrons. The molecule has 1 rings (SSSR count). The third-order valence-corrected chi connectivity index (χ3v) is 3.11. The summed E-state index contributed by atoms with van der Waals surface area (Å²) >= 11 is 4.88. The molecule has 1 fully saturated rings. The minimum Gasteiger partial charge on any atom is -0.393 e. The molecule has 0 aromatic rings. The molecule has 0 atom stereocenters. The van der Waals surface area contributed by atoms with E-state index in [1.54, 1.807) is 0 Å².